The van der Waals surface area contributed by atoms with Crippen molar-refractivity contribution in [1.29, 1.82) is 0 Å². The number of carbonyl (C=O) groups excluding carboxylic acids is 2. The fraction of sp³-hybridized carbons (Fsp3) is 0.400. The molecule has 3 aliphatic rings. The van der Waals surface area contributed by atoms with Crippen molar-refractivity contribution >= 4 is 18.0 Å². The lowest BCUT2D eigenvalue weighted by Gasteiger charge is -2.21. The van der Waals surface area contributed by atoms with Crippen molar-refractivity contribution in [3.8, 4) is 11.1 Å². The number of hydrogen-bond donors (Lipinski definition) is 3. The van der Waals surface area contributed by atoms with Gasteiger partial charge >= 0.3 is 12.1 Å². The summed E-state index contributed by atoms with van der Waals surface area (Å²) in [5.41, 5.74) is 4.60. The maximum Gasteiger partial charge on any atom is 0.407 e. The number of carboxylic acids is 1. The van der Waals surface area contributed by atoms with E-state index in [1.807, 2.05) is 24.3 Å². The molecule has 3 N–H and O–H groups in total. The molecule has 8 nitrogen and oxygen atoms in total. The number of alkyl carbamates (subject to hydrolysis) is 1. The van der Waals surface area contributed by atoms with Gasteiger partial charge in [0.15, 0.2) is 0 Å². The van der Waals surface area contributed by atoms with Gasteiger partial charge in [-0.25, -0.2) is 9.59 Å². The quantitative estimate of drug-likeness (QED) is 0.621. The van der Waals surface area contributed by atoms with Crippen molar-refractivity contribution in [3.05, 3.63) is 59.7 Å². The Hall–Kier alpha value is -3.39. The van der Waals surface area contributed by atoms with E-state index in [1.165, 1.54) is 4.90 Å². The van der Waals surface area contributed by atoms with E-state index < -0.39 is 24.2 Å². The van der Waals surface area contributed by atoms with Crippen molar-refractivity contribution < 1.29 is 29.3 Å². The molecule has 172 valence electrons. The van der Waals surface area contributed by atoms with Crippen LogP contribution in [0.1, 0.15) is 29.9 Å². The molecule has 2 aromatic carbocycles. The second kappa shape index (κ2) is 8.51. The third-order valence-corrected chi connectivity index (χ3v) is 6.94. The summed E-state index contributed by atoms with van der Waals surface area (Å²) in [4.78, 5) is 37.6. The zero-order chi connectivity index (χ0) is 23.1. The smallest absolute Gasteiger partial charge is 0.407 e. The molecule has 0 radical (unpaired) electrons. The lowest BCUT2D eigenvalue weighted by molar-refractivity contribution is -0.148. The molecule has 8 heteroatoms. The van der Waals surface area contributed by atoms with E-state index in [-0.39, 0.29) is 43.2 Å². The topological polar surface area (TPSA) is 116 Å². The average Bonchev–Trinajstić information content (AvgIpc) is 3.38. The average molecular weight is 450 g/mol. The zero-order valence-corrected chi connectivity index (χ0v) is 18.0. The van der Waals surface area contributed by atoms with E-state index in [0.717, 1.165) is 22.3 Å². The first-order valence-corrected chi connectivity index (χ1v) is 11.2. The van der Waals surface area contributed by atoms with Crippen LogP contribution in [-0.2, 0) is 14.3 Å². The number of likely N-dealkylation sites (tertiary alicyclic amines) is 1. The van der Waals surface area contributed by atoms with E-state index >= 15 is 0 Å². The fourth-order valence-electron chi connectivity index (χ4n) is 5.14. The summed E-state index contributed by atoms with van der Waals surface area (Å²) in [6.07, 6.45) is -0.709. The van der Waals surface area contributed by atoms with Gasteiger partial charge in [0.25, 0.3) is 0 Å². The van der Waals surface area contributed by atoms with Gasteiger partial charge < -0.3 is 25.2 Å². The molecule has 4 atom stereocenters. The second-order valence-corrected chi connectivity index (χ2v) is 9.04. The van der Waals surface area contributed by atoms with Gasteiger partial charge in [-0.3, -0.25) is 4.79 Å². The molecule has 33 heavy (non-hydrogen) atoms. The number of carboxylic acid groups (broad SMARTS) is 1. The highest BCUT2D eigenvalue weighted by Crippen LogP contribution is 2.44. The molecule has 1 saturated heterocycles. The van der Waals surface area contributed by atoms with Crippen molar-refractivity contribution in [2.75, 3.05) is 19.7 Å². The molecule has 0 spiro atoms. The third kappa shape index (κ3) is 4.06. The molecular formula is C25H26N2O6. The molecular weight excluding hydrogens is 424 g/mol. The normalized spacial score (nSPS) is 25.3. The molecule has 0 unspecified atom stereocenters. The first-order valence-electron chi connectivity index (χ1n) is 11.2. The van der Waals surface area contributed by atoms with Gasteiger partial charge in [0.2, 0.25) is 5.91 Å². The van der Waals surface area contributed by atoms with Crippen LogP contribution in [0.15, 0.2) is 48.5 Å². The molecule has 1 heterocycles. The molecule has 1 saturated carbocycles. The van der Waals surface area contributed by atoms with E-state index in [9.17, 15) is 24.6 Å². The lowest BCUT2D eigenvalue weighted by atomic mass is 9.98. The van der Waals surface area contributed by atoms with Crippen LogP contribution in [0, 0.1) is 11.8 Å². The predicted octanol–water partition coefficient (Wildman–Crippen LogP) is 2.21. The molecule has 0 aromatic heterocycles. The number of nitrogens with one attached hydrogen (secondary N) is 1. The van der Waals surface area contributed by atoms with Crippen LogP contribution < -0.4 is 5.32 Å². The Morgan fingerprint density at radius 2 is 1.64 bits per heavy atom. The highest BCUT2D eigenvalue weighted by molar-refractivity contribution is 5.87. The van der Waals surface area contributed by atoms with Gasteiger partial charge in [-0.05, 0) is 34.6 Å². The Morgan fingerprint density at radius 1 is 1.00 bits per heavy atom. The van der Waals surface area contributed by atoms with E-state index in [1.54, 1.807) is 0 Å². The maximum absolute atomic E-state index is 12.7. The van der Waals surface area contributed by atoms with Crippen LogP contribution in [-0.4, -0.2) is 64.9 Å². The number of rotatable bonds is 6. The van der Waals surface area contributed by atoms with Crippen LogP contribution in [0.4, 0.5) is 4.79 Å². The lowest BCUT2D eigenvalue weighted by Crippen LogP contribution is -2.42. The number of aliphatic hydroxyl groups is 1. The minimum absolute atomic E-state index is 0.0204. The van der Waals surface area contributed by atoms with Gasteiger partial charge in [-0.2, -0.15) is 0 Å². The number of aliphatic carboxylic acids is 1. The van der Waals surface area contributed by atoms with E-state index in [2.05, 4.69) is 29.6 Å². The summed E-state index contributed by atoms with van der Waals surface area (Å²) in [5.74, 6) is -1.77. The zero-order valence-electron chi connectivity index (χ0n) is 18.0. The Morgan fingerprint density at radius 3 is 2.27 bits per heavy atom. The Balaban J connectivity index is 1.12. The van der Waals surface area contributed by atoms with Crippen LogP contribution in [0.3, 0.4) is 0 Å². The monoisotopic (exact) mass is 450 g/mol. The standard InChI is InChI=1S/C25H26N2O6/c28-15-10-22(24(30)31)27(12-15)23(29)20-9-14(20)11-26-25(32)33-13-21-18-7-3-1-5-16(18)17-6-2-4-8-19(17)21/h1-8,14-15,20-22,28H,9-13H2,(H,26,32)(H,30,31)/t14-,15+,20-,22+/m1/s1. The van der Waals surface area contributed by atoms with Crippen molar-refractivity contribution in [3.63, 3.8) is 0 Å². The Kier molecular flexibility index (Phi) is 5.54. The molecule has 2 aromatic rings. The minimum Gasteiger partial charge on any atom is -0.480 e. The number of carbonyl (C=O) groups is 3. The first kappa shape index (κ1) is 21.5. The predicted molar refractivity (Wildman–Crippen MR) is 118 cm³/mol. The minimum atomic E-state index is -1.10. The molecule has 2 aliphatic carbocycles. The van der Waals surface area contributed by atoms with Crippen molar-refractivity contribution in [2.45, 2.75) is 30.9 Å². The number of aliphatic hydroxyl groups excluding tert-OH is 1. The van der Waals surface area contributed by atoms with Crippen LogP contribution in [0.25, 0.3) is 11.1 Å². The number of hydrogen-bond acceptors (Lipinski definition) is 5. The van der Waals surface area contributed by atoms with Crippen LogP contribution in [0.2, 0.25) is 0 Å². The third-order valence-electron chi connectivity index (χ3n) is 6.94. The van der Waals surface area contributed by atoms with Gasteiger partial charge in [0, 0.05) is 31.3 Å². The summed E-state index contributed by atoms with van der Waals surface area (Å²) >= 11 is 0. The number of fused-ring (bicyclic) bond motifs is 3. The van der Waals surface area contributed by atoms with Gasteiger partial charge in [-0.15, -0.1) is 0 Å². The van der Waals surface area contributed by atoms with Gasteiger partial charge in [0.1, 0.15) is 12.6 Å². The van der Waals surface area contributed by atoms with E-state index in [4.69, 9.17) is 4.74 Å². The number of ether oxygens (including phenoxy) is 1. The number of nitrogens with zero attached hydrogens (tertiary/aromatic N) is 1. The van der Waals surface area contributed by atoms with Crippen molar-refractivity contribution in [1.82, 2.24) is 10.2 Å². The van der Waals surface area contributed by atoms with Crippen LogP contribution >= 0.6 is 0 Å². The molecule has 2 fully saturated rings. The summed E-state index contributed by atoms with van der Waals surface area (Å²) in [7, 11) is 0. The SMILES string of the molecule is O=C(NC[C@H]1C[C@H]1C(=O)N1C[C@@H](O)C[C@H]1C(=O)O)OCC1c2ccccc2-c2ccccc21. The number of benzene rings is 2. The van der Waals surface area contributed by atoms with Gasteiger partial charge in [0.05, 0.1) is 6.10 Å². The summed E-state index contributed by atoms with van der Waals surface area (Å²) in [5, 5.41) is 21.8. The largest absolute Gasteiger partial charge is 0.480 e. The first-order chi connectivity index (χ1) is 15.9. The highest BCUT2D eigenvalue weighted by atomic mass is 16.5. The Labute approximate surface area is 191 Å². The number of amides is 2. The summed E-state index contributed by atoms with van der Waals surface area (Å²) in [6.45, 7) is 0.554. The molecule has 0 bridgehead atoms. The van der Waals surface area contributed by atoms with Crippen molar-refractivity contribution in [2.24, 2.45) is 11.8 Å². The fourth-order valence-corrected chi connectivity index (χ4v) is 5.14. The second-order valence-electron chi connectivity index (χ2n) is 9.04. The Bertz CT molecular complexity index is 1060. The summed E-state index contributed by atoms with van der Waals surface area (Å²) in [6, 6.07) is 15.2. The number of β-amino-alcohol motifs (C(OH)–C–C–N with tert-alkyl or cyclic N) is 1. The molecule has 2 amide bonds. The van der Waals surface area contributed by atoms with Gasteiger partial charge in [-0.1, -0.05) is 48.5 Å². The van der Waals surface area contributed by atoms with E-state index in [0.29, 0.717) is 13.0 Å². The summed E-state index contributed by atoms with van der Waals surface area (Å²) < 4.78 is 5.52. The van der Waals surface area contributed by atoms with Crippen LogP contribution in [0.5, 0.6) is 0 Å². The molecule has 1 aliphatic heterocycles. The maximum atomic E-state index is 12.7. The highest BCUT2D eigenvalue weighted by Gasteiger charge is 2.49. The molecule has 5 rings (SSSR count).